The van der Waals surface area contributed by atoms with Gasteiger partial charge in [-0.1, -0.05) is 0 Å². The summed E-state index contributed by atoms with van der Waals surface area (Å²) in [5, 5.41) is 17.9. The summed E-state index contributed by atoms with van der Waals surface area (Å²) in [6.07, 6.45) is 0. The molecule has 0 aliphatic rings. The molecular formula is C7H8BIO3. The molecule has 0 spiro atoms. The number of ether oxygens (including phenoxy) is 1. The Morgan fingerprint density at radius 3 is 2.83 bits per heavy atom. The smallest absolute Gasteiger partial charge is 0.488 e. The van der Waals surface area contributed by atoms with Crippen LogP contribution < -0.4 is 10.2 Å². The monoisotopic (exact) mass is 281 g/mol. The maximum atomic E-state index is 8.93. The highest BCUT2D eigenvalue weighted by Crippen LogP contribution is 2.12. The molecule has 0 radical (unpaired) electrons. The third-order valence-corrected chi connectivity index (χ3v) is 1.93. The minimum Gasteiger partial charge on any atom is -0.497 e. The van der Waals surface area contributed by atoms with Crippen LogP contribution in [0.4, 0.5) is 0 Å². The van der Waals surface area contributed by atoms with Gasteiger partial charge in [0, 0.05) is 3.57 Å². The Morgan fingerprint density at radius 2 is 2.25 bits per heavy atom. The van der Waals surface area contributed by atoms with Crippen LogP contribution in [0.15, 0.2) is 18.2 Å². The van der Waals surface area contributed by atoms with Crippen molar-refractivity contribution >= 4 is 35.2 Å². The summed E-state index contributed by atoms with van der Waals surface area (Å²) in [5.74, 6) is 0.0880. The maximum Gasteiger partial charge on any atom is 0.488 e. The van der Waals surface area contributed by atoms with Crippen LogP contribution in [0.5, 0.6) is 5.75 Å². The molecule has 1 aromatic rings. The summed E-state index contributed by atoms with van der Waals surface area (Å²) in [4.78, 5) is 0. The van der Waals surface area contributed by atoms with Crippen molar-refractivity contribution in [2.45, 2.75) is 0 Å². The second-order valence-corrected chi connectivity index (χ2v) is 3.44. The van der Waals surface area contributed by atoms with Gasteiger partial charge < -0.3 is 14.8 Å². The zero-order valence-electron chi connectivity index (χ0n) is 8.99. The molecule has 5 heteroatoms. The van der Waals surface area contributed by atoms with Gasteiger partial charge in [-0.2, -0.15) is 0 Å². The lowest BCUT2D eigenvalue weighted by Crippen LogP contribution is -2.29. The van der Waals surface area contributed by atoms with Crippen LogP contribution in [0, 0.1) is 3.57 Å². The Bertz CT molecular complexity index is 356. The number of hydrogen-bond donors (Lipinski definition) is 2. The van der Waals surface area contributed by atoms with Crippen LogP contribution >= 0.6 is 22.6 Å². The van der Waals surface area contributed by atoms with E-state index < -0.39 is 14.2 Å². The van der Waals surface area contributed by atoms with Crippen LogP contribution in [-0.2, 0) is 0 Å². The highest BCUT2D eigenvalue weighted by atomic mass is 127. The van der Waals surface area contributed by atoms with Crippen LogP contribution in [0.3, 0.4) is 0 Å². The summed E-state index contributed by atoms with van der Waals surface area (Å²) >= 11 is 1.93. The van der Waals surface area contributed by atoms with Crippen molar-refractivity contribution in [3.05, 3.63) is 21.8 Å². The first-order chi connectivity index (χ1) is 6.78. The predicted molar refractivity (Wildman–Crippen MR) is 55.5 cm³/mol. The molecule has 0 amide bonds. The van der Waals surface area contributed by atoms with E-state index in [1.165, 1.54) is 18.2 Å². The van der Waals surface area contributed by atoms with Gasteiger partial charge in [0.15, 0.2) is 0 Å². The fourth-order valence-corrected chi connectivity index (χ4v) is 1.46. The van der Waals surface area contributed by atoms with Crippen molar-refractivity contribution in [2.75, 3.05) is 7.04 Å². The molecule has 0 aliphatic carbocycles. The van der Waals surface area contributed by atoms with Crippen molar-refractivity contribution in [1.29, 1.82) is 0 Å². The average molecular weight is 281 g/mol. The molecule has 0 aromatic heterocycles. The first-order valence-corrected chi connectivity index (χ1v) is 4.21. The molecule has 64 valence electrons. The van der Waals surface area contributed by atoms with Gasteiger partial charge in [0.1, 0.15) is 5.75 Å². The van der Waals surface area contributed by atoms with Gasteiger partial charge >= 0.3 is 7.12 Å². The molecule has 2 N–H and O–H groups in total. The fourth-order valence-electron chi connectivity index (χ4n) is 0.792. The van der Waals surface area contributed by atoms with Crippen molar-refractivity contribution < 1.29 is 18.9 Å². The molecule has 12 heavy (non-hydrogen) atoms. The van der Waals surface area contributed by atoms with E-state index in [1.54, 1.807) is 0 Å². The van der Waals surface area contributed by atoms with E-state index in [0.717, 1.165) is 0 Å². The first kappa shape index (κ1) is 6.23. The minimum absolute atomic E-state index is 0.0880. The topological polar surface area (TPSA) is 49.7 Å². The Kier molecular flexibility index (Phi) is 2.13. The van der Waals surface area contributed by atoms with Gasteiger partial charge in [-0.25, -0.2) is 0 Å². The summed E-state index contributed by atoms with van der Waals surface area (Å²) in [6.45, 7) is 0. The van der Waals surface area contributed by atoms with Crippen molar-refractivity contribution in [2.24, 2.45) is 0 Å². The lowest BCUT2D eigenvalue weighted by Gasteiger charge is -2.04. The third-order valence-electron chi connectivity index (χ3n) is 1.31. The van der Waals surface area contributed by atoms with E-state index in [9.17, 15) is 0 Å². The molecule has 0 saturated carbocycles. The van der Waals surface area contributed by atoms with Crippen LogP contribution in [0.25, 0.3) is 0 Å². The molecule has 0 bridgehead atoms. The summed E-state index contributed by atoms with van der Waals surface area (Å²) in [5.41, 5.74) is 0.196. The Morgan fingerprint density at radius 1 is 1.50 bits per heavy atom. The first-order valence-electron chi connectivity index (χ1n) is 4.63. The van der Waals surface area contributed by atoms with Crippen LogP contribution in [-0.4, -0.2) is 24.2 Å². The van der Waals surface area contributed by atoms with Crippen LogP contribution in [0.1, 0.15) is 4.11 Å². The highest BCUT2D eigenvalue weighted by molar-refractivity contribution is 14.1. The second kappa shape index (κ2) is 4.11. The normalized spacial score (nSPS) is 14.4. The minimum atomic E-state index is -2.54. The Hall–Kier alpha value is -0.265. The molecular weight excluding hydrogens is 270 g/mol. The summed E-state index contributed by atoms with van der Waals surface area (Å²) in [7, 11) is -4.18. The van der Waals surface area contributed by atoms with E-state index in [1.807, 2.05) is 22.6 Å². The molecule has 0 fully saturated rings. The average Bonchev–Trinajstić information content (AvgIpc) is 1.99. The van der Waals surface area contributed by atoms with Gasteiger partial charge in [0.2, 0.25) is 0 Å². The van der Waals surface area contributed by atoms with Crippen LogP contribution in [0.2, 0.25) is 0 Å². The number of benzene rings is 1. The highest BCUT2D eigenvalue weighted by Gasteiger charge is 2.12. The maximum absolute atomic E-state index is 8.93. The largest absolute Gasteiger partial charge is 0.497 e. The molecule has 1 aromatic carbocycles. The zero-order valence-corrected chi connectivity index (χ0v) is 8.15. The number of hydrogen-bond acceptors (Lipinski definition) is 3. The molecule has 0 unspecified atom stereocenters. The molecule has 0 heterocycles. The van der Waals surface area contributed by atoms with E-state index in [4.69, 9.17) is 14.2 Å². The van der Waals surface area contributed by atoms with E-state index >= 15 is 0 Å². The molecule has 1 rings (SSSR count). The van der Waals surface area contributed by atoms with E-state index in [-0.39, 0.29) is 11.2 Å². The van der Waals surface area contributed by atoms with Gasteiger partial charge in [-0.05, 0) is 46.3 Å². The Labute approximate surface area is 88.9 Å². The third kappa shape index (κ3) is 2.36. The molecule has 3 nitrogen and oxygen atoms in total. The van der Waals surface area contributed by atoms with Gasteiger partial charge in [-0.3, -0.25) is 0 Å². The van der Waals surface area contributed by atoms with Gasteiger partial charge in [0.05, 0.1) is 11.2 Å². The summed E-state index contributed by atoms with van der Waals surface area (Å²) < 4.78 is 26.0. The number of methoxy groups -OCH3 is 1. The standard InChI is InChI=1S/C7H8BIO3/c1-12-7-3-5(8(10)11)2-6(9)4-7/h2-4,10-11H,1H3/i1D3. The van der Waals surface area contributed by atoms with Gasteiger partial charge in [-0.15, -0.1) is 0 Å². The quantitative estimate of drug-likeness (QED) is 0.591. The van der Waals surface area contributed by atoms with Gasteiger partial charge in [0.25, 0.3) is 0 Å². The number of halogens is 1. The summed E-state index contributed by atoms with van der Waals surface area (Å²) in [6, 6.07) is 4.30. The number of rotatable bonds is 2. The van der Waals surface area contributed by atoms with E-state index in [0.29, 0.717) is 3.57 Å². The lowest BCUT2D eigenvalue weighted by atomic mass is 9.80. The molecule has 0 aliphatic heterocycles. The Balaban J connectivity index is 2.99. The van der Waals surface area contributed by atoms with Crippen molar-refractivity contribution in [3.8, 4) is 5.75 Å². The SMILES string of the molecule is [2H]C([2H])([2H])Oc1cc(I)cc(B(O)O)c1. The predicted octanol–water partition coefficient (Wildman–Crippen LogP) is -0.0204. The fraction of sp³-hybridized carbons (Fsp3) is 0.143. The van der Waals surface area contributed by atoms with Crippen molar-refractivity contribution in [3.63, 3.8) is 0 Å². The molecule has 0 atom stereocenters. The zero-order chi connectivity index (χ0) is 11.6. The lowest BCUT2D eigenvalue weighted by molar-refractivity contribution is 0.411. The van der Waals surface area contributed by atoms with E-state index in [2.05, 4.69) is 4.74 Å². The molecule has 0 saturated heterocycles. The van der Waals surface area contributed by atoms with Crippen molar-refractivity contribution in [1.82, 2.24) is 0 Å². The second-order valence-electron chi connectivity index (χ2n) is 2.20.